The maximum atomic E-state index is 5.91. The second-order valence-electron chi connectivity index (χ2n) is 5.42. The van der Waals surface area contributed by atoms with Gasteiger partial charge in [-0.05, 0) is 44.4 Å². The second kappa shape index (κ2) is 8.98. The lowest BCUT2D eigenvalue weighted by Gasteiger charge is -2.19. The Morgan fingerprint density at radius 3 is 2.32 bits per heavy atom. The van der Waals surface area contributed by atoms with E-state index in [-0.39, 0.29) is 6.10 Å². The van der Waals surface area contributed by atoms with Gasteiger partial charge >= 0.3 is 0 Å². The molecule has 0 aliphatic carbocycles. The summed E-state index contributed by atoms with van der Waals surface area (Å²) < 4.78 is 5.91. The zero-order valence-electron chi connectivity index (χ0n) is 12.9. The molecule has 0 fully saturated rings. The van der Waals surface area contributed by atoms with Crippen molar-refractivity contribution in [3.8, 4) is 5.75 Å². The molecule has 1 aromatic rings. The second-order valence-corrected chi connectivity index (χ2v) is 5.42. The third kappa shape index (κ3) is 6.63. The highest BCUT2D eigenvalue weighted by Crippen LogP contribution is 2.14. The van der Waals surface area contributed by atoms with Gasteiger partial charge in [-0.15, -0.1) is 0 Å². The van der Waals surface area contributed by atoms with E-state index in [1.54, 1.807) is 0 Å². The molecular formula is C17H29NO. The van der Waals surface area contributed by atoms with Gasteiger partial charge in [0.2, 0.25) is 0 Å². The number of hydrogen-bond donors (Lipinski definition) is 1. The first-order valence-electron chi connectivity index (χ1n) is 7.64. The number of rotatable bonds is 9. The van der Waals surface area contributed by atoms with Crippen LogP contribution in [0.4, 0.5) is 0 Å². The third-order valence-electron chi connectivity index (χ3n) is 3.27. The van der Waals surface area contributed by atoms with Crippen LogP contribution < -0.4 is 10.1 Å². The summed E-state index contributed by atoms with van der Waals surface area (Å²) in [7, 11) is 0. The van der Waals surface area contributed by atoms with Crippen LogP contribution in [0.2, 0.25) is 0 Å². The predicted octanol–water partition coefficient (Wildman–Crippen LogP) is 4.18. The van der Waals surface area contributed by atoms with Crippen molar-refractivity contribution in [2.75, 3.05) is 6.54 Å². The van der Waals surface area contributed by atoms with E-state index in [1.807, 2.05) is 0 Å². The van der Waals surface area contributed by atoms with E-state index in [1.165, 1.54) is 24.8 Å². The van der Waals surface area contributed by atoms with Gasteiger partial charge in [-0.1, -0.05) is 38.8 Å². The quantitative estimate of drug-likeness (QED) is 0.721. The summed E-state index contributed by atoms with van der Waals surface area (Å²) >= 11 is 0. The summed E-state index contributed by atoms with van der Waals surface area (Å²) in [6, 6.07) is 9.06. The average Bonchev–Trinajstić information content (AvgIpc) is 2.39. The number of nitrogens with one attached hydrogen (secondary N) is 1. The molecule has 2 nitrogen and oxygen atoms in total. The van der Waals surface area contributed by atoms with Gasteiger partial charge in [-0.3, -0.25) is 0 Å². The normalized spacial score (nSPS) is 14.1. The smallest absolute Gasteiger partial charge is 0.119 e. The first-order chi connectivity index (χ1) is 9.15. The Morgan fingerprint density at radius 2 is 1.74 bits per heavy atom. The van der Waals surface area contributed by atoms with Crippen LogP contribution in [-0.2, 0) is 6.42 Å². The zero-order valence-corrected chi connectivity index (χ0v) is 12.9. The first-order valence-corrected chi connectivity index (χ1v) is 7.64. The van der Waals surface area contributed by atoms with Crippen molar-refractivity contribution >= 4 is 0 Å². The van der Waals surface area contributed by atoms with E-state index in [9.17, 15) is 0 Å². The summed E-state index contributed by atoms with van der Waals surface area (Å²) in [5.74, 6) is 0.970. The molecular weight excluding hydrogens is 234 g/mol. The van der Waals surface area contributed by atoms with Gasteiger partial charge < -0.3 is 10.1 Å². The van der Waals surface area contributed by atoms with Crippen molar-refractivity contribution in [3.63, 3.8) is 0 Å². The molecule has 0 bridgehead atoms. The molecule has 0 saturated carbocycles. The zero-order chi connectivity index (χ0) is 14.1. The molecule has 0 radical (unpaired) electrons. The van der Waals surface area contributed by atoms with Crippen LogP contribution in [-0.4, -0.2) is 18.7 Å². The molecule has 2 atom stereocenters. The van der Waals surface area contributed by atoms with Crippen molar-refractivity contribution < 1.29 is 4.74 Å². The Bertz CT molecular complexity index is 334. The molecule has 0 aliphatic heterocycles. The fourth-order valence-corrected chi connectivity index (χ4v) is 2.20. The summed E-state index contributed by atoms with van der Waals surface area (Å²) in [5, 5.41) is 3.51. The molecule has 108 valence electrons. The van der Waals surface area contributed by atoms with E-state index in [2.05, 4.69) is 57.3 Å². The summed E-state index contributed by atoms with van der Waals surface area (Å²) in [6.07, 6.45) is 4.99. The molecule has 0 heterocycles. The minimum Gasteiger partial charge on any atom is -0.489 e. The van der Waals surface area contributed by atoms with Gasteiger partial charge in [-0.25, -0.2) is 0 Å². The third-order valence-corrected chi connectivity index (χ3v) is 3.27. The van der Waals surface area contributed by atoms with Crippen molar-refractivity contribution in [2.24, 2.45) is 0 Å². The van der Waals surface area contributed by atoms with Gasteiger partial charge in [0.25, 0.3) is 0 Å². The topological polar surface area (TPSA) is 21.3 Å². The first kappa shape index (κ1) is 16.0. The fourth-order valence-electron chi connectivity index (χ4n) is 2.20. The molecule has 1 rings (SSSR count). The van der Waals surface area contributed by atoms with Crippen LogP contribution in [0.25, 0.3) is 0 Å². The number of hydrogen-bond acceptors (Lipinski definition) is 2. The van der Waals surface area contributed by atoms with Crippen LogP contribution in [0.5, 0.6) is 5.75 Å². The lowest BCUT2D eigenvalue weighted by molar-refractivity contribution is 0.211. The van der Waals surface area contributed by atoms with Gasteiger partial charge in [0.1, 0.15) is 11.9 Å². The Hall–Kier alpha value is -1.02. The van der Waals surface area contributed by atoms with Crippen molar-refractivity contribution in [3.05, 3.63) is 29.8 Å². The lowest BCUT2D eigenvalue weighted by Crippen LogP contribution is -2.34. The predicted molar refractivity (Wildman–Crippen MR) is 82.9 cm³/mol. The molecule has 2 heteroatoms. The fraction of sp³-hybridized carbons (Fsp3) is 0.647. The molecule has 1 aromatic carbocycles. The summed E-state index contributed by atoms with van der Waals surface area (Å²) in [5.41, 5.74) is 1.39. The number of aryl methyl sites for hydroxylation is 1. The highest BCUT2D eigenvalue weighted by Gasteiger charge is 2.06. The average molecular weight is 263 g/mol. The molecule has 2 unspecified atom stereocenters. The minimum absolute atomic E-state index is 0.205. The molecule has 0 aromatic heterocycles. The highest BCUT2D eigenvalue weighted by atomic mass is 16.5. The van der Waals surface area contributed by atoms with Crippen LogP contribution >= 0.6 is 0 Å². The van der Waals surface area contributed by atoms with Crippen molar-refractivity contribution in [1.29, 1.82) is 0 Å². The molecule has 1 N–H and O–H groups in total. The van der Waals surface area contributed by atoms with Gasteiger partial charge in [-0.2, -0.15) is 0 Å². The monoisotopic (exact) mass is 263 g/mol. The minimum atomic E-state index is 0.205. The van der Waals surface area contributed by atoms with E-state index in [0.29, 0.717) is 6.04 Å². The highest BCUT2D eigenvalue weighted by molar-refractivity contribution is 5.27. The van der Waals surface area contributed by atoms with E-state index in [4.69, 9.17) is 4.74 Å². The van der Waals surface area contributed by atoms with Crippen LogP contribution in [0, 0.1) is 0 Å². The van der Waals surface area contributed by atoms with E-state index in [0.717, 1.165) is 18.7 Å². The van der Waals surface area contributed by atoms with Crippen LogP contribution in [0.15, 0.2) is 24.3 Å². The van der Waals surface area contributed by atoms with E-state index < -0.39 is 0 Å². The Kier molecular flexibility index (Phi) is 7.57. The molecule has 0 saturated heterocycles. The van der Waals surface area contributed by atoms with E-state index >= 15 is 0 Å². The SMILES string of the molecule is CCCc1ccc(OC(C)CNC(C)CCC)cc1. The molecule has 0 aliphatic rings. The van der Waals surface area contributed by atoms with Crippen LogP contribution in [0.1, 0.15) is 52.5 Å². The van der Waals surface area contributed by atoms with Crippen molar-refractivity contribution in [2.45, 2.75) is 65.5 Å². The van der Waals surface area contributed by atoms with Gasteiger partial charge in [0.15, 0.2) is 0 Å². The Morgan fingerprint density at radius 1 is 1.05 bits per heavy atom. The lowest BCUT2D eigenvalue weighted by atomic mass is 10.1. The molecule has 19 heavy (non-hydrogen) atoms. The summed E-state index contributed by atoms with van der Waals surface area (Å²) in [6.45, 7) is 9.67. The Labute approximate surface area is 118 Å². The molecule has 0 amide bonds. The van der Waals surface area contributed by atoms with Crippen LogP contribution in [0.3, 0.4) is 0 Å². The van der Waals surface area contributed by atoms with Gasteiger partial charge in [0, 0.05) is 12.6 Å². The largest absolute Gasteiger partial charge is 0.489 e. The maximum Gasteiger partial charge on any atom is 0.119 e. The van der Waals surface area contributed by atoms with Gasteiger partial charge in [0.05, 0.1) is 0 Å². The molecule has 0 spiro atoms. The number of ether oxygens (including phenoxy) is 1. The number of benzene rings is 1. The van der Waals surface area contributed by atoms with Crippen molar-refractivity contribution in [1.82, 2.24) is 5.32 Å². The summed E-state index contributed by atoms with van der Waals surface area (Å²) in [4.78, 5) is 0. The maximum absolute atomic E-state index is 5.91. The standard InChI is InChI=1S/C17H29NO/c1-5-7-14(3)18-13-15(4)19-17-11-9-16(8-6-2)10-12-17/h9-12,14-15,18H,5-8,13H2,1-4H3. The Balaban J connectivity index is 2.33.